The van der Waals surface area contributed by atoms with Crippen molar-refractivity contribution in [3.63, 3.8) is 0 Å². The Morgan fingerprint density at radius 1 is 1.12 bits per heavy atom. The first-order valence-corrected chi connectivity index (χ1v) is 8.66. The number of hydrogen-bond acceptors (Lipinski definition) is 2. The maximum absolute atomic E-state index is 13.1. The van der Waals surface area contributed by atoms with Crippen LogP contribution >= 0.6 is 0 Å². The molecule has 0 spiro atoms. The Morgan fingerprint density at radius 2 is 1.76 bits per heavy atom. The van der Waals surface area contributed by atoms with Crippen LogP contribution in [0.3, 0.4) is 0 Å². The highest BCUT2D eigenvalue weighted by atomic mass is 19.1. The average molecular weight is 343 g/mol. The minimum atomic E-state index is -0.343. The molecule has 0 aromatic heterocycles. The Hall–Kier alpha value is -2.24. The maximum Gasteiger partial charge on any atom is 0.251 e. The minimum Gasteiger partial charge on any atom is -0.370 e. The zero-order valence-electron chi connectivity index (χ0n) is 14.4. The molecule has 132 valence electrons. The molecular formula is C20H24FN2O2+. The van der Waals surface area contributed by atoms with Crippen molar-refractivity contribution >= 4 is 5.91 Å². The zero-order valence-corrected chi connectivity index (χ0v) is 14.4. The summed E-state index contributed by atoms with van der Waals surface area (Å²) in [4.78, 5) is 14.0. The summed E-state index contributed by atoms with van der Waals surface area (Å²) in [5.41, 5.74) is 2.74. The number of hydrogen-bond donors (Lipinski definition) is 2. The molecule has 0 radical (unpaired) electrons. The first-order valence-electron chi connectivity index (χ1n) is 8.66. The fourth-order valence-electron chi connectivity index (χ4n) is 3.05. The van der Waals surface area contributed by atoms with Crippen LogP contribution in [-0.2, 0) is 4.74 Å². The fraction of sp³-hybridized carbons (Fsp3) is 0.350. The lowest BCUT2D eigenvalue weighted by atomic mass is 10.0. The van der Waals surface area contributed by atoms with Gasteiger partial charge in [-0.2, -0.15) is 0 Å². The monoisotopic (exact) mass is 343 g/mol. The van der Waals surface area contributed by atoms with E-state index in [2.05, 4.69) is 29.6 Å². The van der Waals surface area contributed by atoms with Crippen LogP contribution in [0.2, 0.25) is 0 Å². The van der Waals surface area contributed by atoms with Gasteiger partial charge in [0.05, 0.1) is 13.2 Å². The number of halogens is 1. The van der Waals surface area contributed by atoms with Crippen LogP contribution < -0.4 is 10.2 Å². The molecule has 1 amide bonds. The van der Waals surface area contributed by atoms with Crippen LogP contribution in [0.1, 0.15) is 27.5 Å². The summed E-state index contributed by atoms with van der Waals surface area (Å²) in [6.07, 6.45) is 0. The third-order valence-electron chi connectivity index (χ3n) is 4.58. The molecule has 1 atom stereocenters. The normalized spacial score (nSPS) is 16.4. The number of carbonyl (C=O) groups is 1. The van der Waals surface area contributed by atoms with E-state index in [0.29, 0.717) is 5.56 Å². The van der Waals surface area contributed by atoms with Crippen molar-refractivity contribution in [2.24, 2.45) is 0 Å². The van der Waals surface area contributed by atoms with Gasteiger partial charge < -0.3 is 15.0 Å². The van der Waals surface area contributed by atoms with E-state index in [4.69, 9.17) is 4.74 Å². The van der Waals surface area contributed by atoms with Crippen LogP contribution in [0.5, 0.6) is 0 Å². The van der Waals surface area contributed by atoms with Crippen LogP contribution in [-0.4, -0.2) is 38.8 Å². The van der Waals surface area contributed by atoms with Gasteiger partial charge in [-0.1, -0.05) is 29.8 Å². The Labute approximate surface area is 147 Å². The number of morpholine rings is 1. The molecule has 1 aliphatic rings. The van der Waals surface area contributed by atoms with Gasteiger partial charge in [-0.05, 0) is 36.8 Å². The van der Waals surface area contributed by atoms with Crippen LogP contribution in [0.4, 0.5) is 4.39 Å². The molecule has 2 N–H and O–H groups in total. The lowest BCUT2D eigenvalue weighted by Crippen LogP contribution is -3.14. The molecule has 2 aromatic rings. The largest absolute Gasteiger partial charge is 0.370 e. The molecule has 2 aromatic carbocycles. The number of amides is 1. The van der Waals surface area contributed by atoms with Gasteiger partial charge in [0.1, 0.15) is 31.5 Å². The lowest BCUT2D eigenvalue weighted by Gasteiger charge is -2.28. The minimum absolute atomic E-state index is 0.0914. The predicted octanol–water partition coefficient (Wildman–Crippen LogP) is 1.52. The molecule has 1 aliphatic heterocycles. The Balaban J connectivity index is 1.76. The molecule has 5 heteroatoms. The highest BCUT2D eigenvalue weighted by Gasteiger charge is 2.23. The van der Waals surface area contributed by atoms with Crippen molar-refractivity contribution in [2.45, 2.75) is 13.0 Å². The molecular weight excluding hydrogens is 319 g/mol. The highest BCUT2D eigenvalue weighted by Crippen LogP contribution is 2.14. The number of aryl methyl sites for hydroxylation is 1. The van der Waals surface area contributed by atoms with Gasteiger partial charge in [-0.3, -0.25) is 4.79 Å². The standard InChI is InChI=1S/C20H23FN2O2/c1-15-2-4-16(5-3-15)19(14-23-10-12-25-13-11-23)22-20(24)17-6-8-18(21)9-7-17/h2-9,19H,10-14H2,1H3,(H,22,24)/p+1/t19-/m0/s1. The zero-order chi connectivity index (χ0) is 17.6. The summed E-state index contributed by atoms with van der Waals surface area (Å²) < 4.78 is 18.5. The summed E-state index contributed by atoms with van der Waals surface area (Å²) >= 11 is 0. The summed E-state index contributed by atoms with van der Waals surface area (Å²) in [6, 6.07) is 13.8. The number of quaternary nitrogens is 1. The average Bonchev–Trinajstić information content (AvgIpc) is 2.63. The highest BCUT2D eigenvalue weighted by molar-refractivity contribution is 5.94. The quantitative estimate of drug-likeness (QED) is 0.864. The van der Waals surface area contributed by atoms with Crippen molar-refractivity contribution < 1.29 is 18.8 Å². The Morgan fingerprint density at radius 3 is 2.40 bits per heavy atom. The van der Waals surface area contributed by atoms with Gasteiger partial charge in [0, 0.05) is 5.56 Å². The van der Waals surface area contributed by atoms with E-state index in [-0.39, 0.29) is 17.8 Å². The van der Waals surface area contributed by atoms with Gasteiger partial charge in [0.15, 0.2) is 0 Å². The van der Waals surface area contributed by atoms with Gasteiger partial charge in [0.25, 0.3) is 5.91 Å². The SMILES string of the molecule is Cc1ccc([C@H](C[NH+]2CCOCC2)NC(=O)c2ccc(F)cc2)cc1. The van der Waals surface area contributed by atoms with E-state index in [1.54, 1.807) is 0 Å². The third kappa shape index (κ3) is 4.87. The summed E-state index contributed by atoms with van der Waals surface area (Å²) in [7, 11) is 0. The van der Waals surface area contributed by atoms with E-state index < -0.39 is 0 Å². The number of nitrogens with one attached hydrogen (secondary N) is 2. The molecule has 0 unspecified atom stereocenters. The van der Waals surface area contributed by atoms with Gasteiger partial charge >= 0.3 is 0 Å². The second-order valence-corrected chi connectivity index (χ2v) is 6.51. The molecule has 4 nitrogen and oxygen atoms in total. The number of benzene rings is 2. The van der Waals surface area contributed by atoms with Crippen LogP contribution in [0.15, 0.2) is 48.5 Å². The Bertz CT molecular complexity index is 695. The van der Waals surface area contributed by atoms with Crippen molar-refractivity contribution in [1.29, 1.82) is 0 Å². The summed E-state index contributed by atoms with van der Waals surface area (Å²) in [6.45, 7) is 6.23. The number of carbonyl (C=O) groups excluding carboxylic acids is 1. The van der Waals surface area contributed by atoms with Crippen molar-refractivity contribution in [3.05, 3.63) is 71.0 Å². The van der Waals surface area contributed by atoms with Gasteiger partial charge in [-0.15, -0.1) is 0 Å². The van der Waals surface area contributed by atoms with Crippen LogP contribution in [0, 0.1) is 12.7 Å². The smallest absolute Gasteiger partial charge is 0.251 e. The lowest BCUT2D eigenvalue weighted by molar-refractivity contribution is -0.909. The van der Waals surface area contributed by atoms with E-state index in [1.165, 1.54) is 34.7 Å². The molecule has 0 bridgehead atoms. The van der Waals surface area contributed by atoms with Gasteiger partial charge in [0.2, 0.25) is 0 Å². The van der Waals surface area contributed by atoms with Crippen molar-refractivity contribution in [2.75, 3.05) is 32.8 Å². The summed E-state index contributed by atoms with van der Waals surface area (Å²) in [5, 5.41) is 3.11. The summed E-state index contributed by atoms with van der Waals surface area (Å²) in [5.74, 6) is -0.525. The molecule has 3 rings (SSSR count). The topological polar surface area (TPSA) is 42.8 Å². The van der Waals surface area contributed by atoms with E-state index >= 15 is 0 Å². The molecule has 25 heavy (non-hydrogen) atoms. The van der Waals surface area contributed by atoms with E-state index in [1.807, 2.05) is 6.92 Å². The third-order valence-corrected chi connectivity index (χ3v) is 4.58. The first kappa shape index (κ1) is 17.6. The molecule has 0 aliphatic carbocycles. The molecule has 1 heterocycles. The second-order valence-electron chi connectivity index (χ2n) is 6.51. The van der Waals surface area contributed by atoms with Crippen LogP contribution in [0.25, 0.3) is 0 Å². The van der Waals surface area contributed by atoms with Crippen molar-refractivity contribution in [1.82, 2.24) is 5.32 Å². The van der Waals surface area contributed by atoms with Gasteiger partial charge in [-0.25, -0.2) is 4.39 Å². The molecule has 1 saturated heterocycles. The molecule has 0 saturated carbocycles. The van der Waals surface area contributed by atoms with E-state index in [0.717, 1.165) is 38.4 Å². The van der Waals surface area contributed by atoms with Crippen molar-refractivity contribution in [3.8, 4) is 0 Å². The number of rotatable bonds is 5. The fourth-order valence-corrected chi connectivity index (χ4v) is 3.05. The maximum atomic E-state index is 13.1. The first-order chi connectivity index (χ1) is 12.1. The Kier molecular flexibility index (Phi) is 5.79. The molecule has 1 fully saturated rings. The number of ether oxygens (including phenoxy) is 1. The predicted molar refractivity (Wildman–Crippen MR) is 94.2 cm³/mol. The van der Waals surface area contributed by atoms with E-state index in [9.17, 15) is 9.18 Å². The second kappa shape index (κ2) is 8.23.